The van der Waals surface area contributed by atoms with Gasteiger partial charge in [-0.15, -0.1) is 11.3 Å². The summed E-state index contributed by atoms with van der Waals surface area (Å²) in [7, 11) is -3.55. The molecule has 1 aliphatic rings. The van der Waals surface area contributed by atoms with Crippen molar-refractivity contribution in [2.24, 2.45) is 0 Å². The molecule has 19 heavy (non-hydrogen) atoms. The van der Waals surface area contributed by atoms with E-state index in [1.54, 1.807) is 6.07 Å². The number of sulfonamides is 1. The van der Waals surface area contributed by atoms with Crippen LogP contribution in [0.2, 0.25) is 0 Å². The van der Waals surface area contributed by atoms with Crippen molar-refractivity contribution in [2.75, 3.05) is 6.54 Å². The molecule has 2 rings (SSSR count). The van der Waals surface area contributed by atoms with Gasteiger partial charge in [0.25, 0.3) is 0 Å². The minimum Gasteiger partial charge on any atom is -0.479 e. The van der Waals surface area contributed by atoms with Crippen molar-refractivity contribution in [3.8, 4) is 0 Å². The molecule has 1 aromatic heterocycles. The highest BCUT2D eigenvalue weighted by molar-refractivity contribution is 9.11. The van der Waals surface area contributed by atoms with Crippen LogP contribution in [0, 0.1) is 0 Å². The highest BCUT2D eigenvalue weighted by Crippen LogP contribution is 2.26. The number of aliphatic carboxylic acids is 1. The fraction of sp³-hybridized carbons (Fsp3) is 0.500. The van der Waals surface area contributed by atoms with Crippen LogP contribution in [0.25, 0.3) is 0 Å². The molecule has 1 aliphatic heterocycles. The number of halogens is 1. The summed E-state index contributed by atoms with van der Waals surface area (Å²) in [5.74, 6) is -1.01. The van der Waals surface area contributed by atoms with Crippen LogP contribution in [0.1, 0.15) is 12.8 Å². The molecule has 0 aromatic carbocycles. The summed E-state index contributed by atoms with van der Waals surface area (Å²) in [5, 5.41) is 8.77. The van der Waals surface area contributed by atoms with Crippen molar-refractivity contribution in [1.29, 1.82) is 0 Å². The van der Waals surface area contributed by atoms with E-state index >= 15 is 0 Å². The molecule has 1 fully saturated rings. The molecule has 0 amide bonds. The maximum absolute atomic E-state index is 11.9. The van der Waals surface area contributed by atoms with Gasteiger partial charge in [-0.3, -0.25) is 0 Å². The highest BCUT2D eigenvalue weighted by atomic mass is 79.9. The van der Waals surface area contributed by atoms with Crippen molar-refractivity contribution < 1.29 is 23.1 Å². The molecule has 2 atom stereocenters. The van der Waals surface area contributed by atoms with Crippen molar-refractivity contribution in [3.63, 3.8) is 0 Å². The fourth-order valence-electron chi connectivity index (χ4n) is 1.75. The number of carbonyl (C=O) groups is 1. The highest BCUT2D eigenvalue weighted by Gasteiger charge is 2.31. The van der Waals surface area contributed by atoms with Crippen molar-refractivity contribution in [1.82, 2.24) is 4.72 Å². The quantitative estimate of drug-likeness (QED) is 0.818. The Balaban J connectivity index is 1.91. The van der Waals surface area contributed by atoms with E-state index in [0.29, 0.717) is 12.8 Å². The lowest BCUT2D eigenvalue weighted by Gasteiger charge is -2.11. The van der Waals surface area contributed by atoms with Gasteiger partial charge in [-0.05, 0) is 40.9 Å². The maximum Gasteiger partial charge on any atom is 0.332 e. The van der Waals surface area contributed by atoms with Gasteiger partial charge in [0, 0.05) is 6.54 Å². The second-order valence-electron chi connectivity index (χ2n) is 4.07. The van der Waals surface area contributed by atoms with E-state index in [1.165, 1.54) is 6.07 Å². The van der Waals surface area contributed by atoms with E-state index < -0.39 is 22.1 Å². The Bertz CT molecular complexity index is 570. The van der Waals surface area contributed by atoms with E-state index in [2.05, 4.69) is 20.7 Å². The molecule has 1 saturated heterocycles. The zero-order valence-corrected chi connectivity index (χ0v) is 12.9. The van der Waals surface area contributed by atoms with Crippen LogP contribution < -0.4 is 4.72 Å². The lowest BCUT2D eigenvalue weighted by Crippen LogP contribution is -2.32. The zero-order chi connectivity index (χ0) is 14.0. The average molecular weight is 370 g/mol. The van der Waals surface area contributed by atoms with Crippen LogP contribution >= 0.6 is 27.3 Å². The third-order valence-corrected chi connectivity index (χ3v) is 6.24. The molecule has 2 heterocycles. The third-order valence-electron chi connectivity index (χ3n) is 2.70. The molecular weight excluding hydrogens is 358 g/mol. The molecule has 9 heteroatoms. The third kappa shape index (κ3) is 3.76. The van der Waals surface area contributed by atoms with Crippen LogP contribution in [0.4, 0.5) is 0 Å². The van der Waals surface area contributed by atoms with Crippen molar-refractivity contribution >= 4 is 43.3 Å². The van der Waals surface area contributed by atoms with Crippen LogP contribution in [-0.2, 0) is 19.6 Å². The lowest BCUT2D eigenvalue weighted by atomic mass is 10.2. The summed E-state index contributed by atoms with van der Waals surface area (Å²) in [5.41, 5.74) is 0. The van der Waals surface area contributed by atoms with E-state index in [9.17, 15) is 13.2 Å². The Morgan fingerprint density at radius 3 is 2.79 bits per heavy atom. The molecule has 0 aliphatic carbocycles. The molecule has 0 radical (unpaired) electrons. The Morgan fingerprint density at radius 1 is 1.53 bits per heavy atom. The molecule has 2 unspecified atom stereocenters. The van der Waals surface area contributed by atoms with E-state index in [-0.39, 0.29) is 16.9 Å². The first-order chi connectivity index (χ1) is 8.88. The summed E-state index contributed by atoms with van der Waals surface area (Å²) in [6, 6.07) is 3.17. The summed E-state index contributed by atoms with van der Waals surface area (Å²) in [4.78, 5) is 10.7. The summed E-state index contributed by atoms with van der Waals surface area (Å²) in [6.45, 7) is 0.0850. The second-order valence-corrected chi connectivity index (χ2v) is 8.53. The van der Waals surface area contributed by atoms with Gasteiger partial charge in [0.2, 0.25) is 10.0 Å². The van der Waals surface area contributed by atoms with E-state index in [0.717, 1.165) is 15.1 Å². The standard InChI is InChI=1S/C10H12BrNO5S2/c11-8-3-4-9(18-8)19(15,16)12-5-6-1-2-7(17-6)10(13)14/h3-4,6-7,12H,1-2,5H2,(H,13,14). The van der Waals surface area contributed by atoms with Gasteiger partial charge in [-0.1, -0.05) is 0 Å². The Kier molecular flexibility index (Phi) is 4.62. The van der Waals surface area contributed by atoms with Gasteiger partial charge < -0.3 is 9.84 Å². The summed E-state index contributed by atoms with van der Waals surface area (Å²) >= 11 is 4.32. The van der Waals surface area contributed by atoms with E-state index in [4.69, 9.17) is 9.84 Å². The van der Waals surface area contributed by atoms with Crippen LogP contribution in [0.5, 0.6) is 0 Å². The molecular formula is C10H12BrNO5S2. The smallest absolute Gasteiger partial charge is 0.332 e. The maximum atomic E-state index is 11.9. The van der Waals surface area contributed by atoms with Gasteiger partial charge in [0.05, 0.1) is 9.89 Å². The predicted octanol–water partition coefficient (Wildman–Crippen LogP) is 1.42. The number of carboxylic acid groups (broad SMARTS) is 1. The number of carboxylic acids is 1. The van der Waals surface area contributed by atoms with Gasteiger partial charge in [-0.25, -0.2) is 17.9 Å². The Hall–Kier alpha value is -0.480. The lowest BCUT2D eigenvalue weighted by molar-refractivity contribution is -0.149. The predicted molar refractivity (Wildman–Crippen MR) is 72.7 cm³/mol. The van der Waals surface area contributed by atoms with Crippen LogP contribution in [0.3, 0.4) is 0 Å². The SMILES string of the molecule is O=C(O)C1CCC(CNS(=O)(=O)c2ccc(Br)s2)O1. The number of ether oxygens (including phenoxy) is 1. The first-order valence-electron chi connectivity index (χ1n) is 5.52. The van der Waals surface area contributed by atoms with Crippen molar-refractivity contribution in [3.05, 3.63) is 15.9 Å². The fourth-order valence-corrected chi connectivity index (χ4v) is 4.87. The molecule has 1 aromatic rings. The van der Waals surface area contributed by atoms with Crippen molar-refractivity contribution in [2.45, 2.75) is 29.3 Å². The van der Waals surface area contributed by atoms with Gasteiger partial charge in [0.1, 0.15) is 4.21 Å². The largest absolute Gasteiger partial charge is 0.479 e. The van der Waals surface area contributed by atoms with Crippen LogP contribution in [0.15, 0.2) is 20.1 Å². The normalized spacial score (nSPS) is 23.6. The zero-order valence-electron chi connectivity index (χ0n) is 9.71. The van der Waals surface area contributed by atoms with Crippen LogP contribution in [-0.4, -0.2) is 38.2 Å². The number of rotatable bonds is 5. The summed E-state index contributed by atoms with van der Waals surface area (Å²) < 4.78 is 32.5. The minimum atomic E-state index is -3.55. The number of hydrogen-bond donors (Lipinski definition) is 2. The van der Waals surface area contributed by atoms with Gasteiger partial charge in [0.15, 0.2) is 6.10 Å². The molecule has 6 nitrogen and oxygen atoms in total. The minimum absolute atomic E-state index is 0.0850. The summed E-state index contributed by atoms with van der Waals surface area (Å²) in [6.07, 6.45) is -0.274. The van der Waals surface area contributed by atoms with Gasteiger partial charge >= 0.3 is 5.97 Å². The average Bonchev–Trinajstić information content (AvgIpc) is 2.95. The first kappa shape index (κ1) is 14.9. The Morgan fingerprint density at radius 2 is 2.26 bits per heavy atom. The second kappa shape index (κ2) is 5.88. The Labute approximate surface area is 123 Å². The van der Waals surface area contributed by atoms with Gasteiger partial charge in [-0.2, -0.15) is 0 Å². The molecule has 0 spiro atoms. The molecule has 2 N–H and O–H groups in total. The number of hydrogen-bond acceptors (Lipinski definition) is 5. The first-order valence-corrected chi connectivity index (χ1v) is 8.61. The molecule has 106 valence electrons. The topological polar surface area (TPSA) is 92.7 Å². The number of nitrogens with one attached hydrogen (secondary N) is 1. The van der Waals surface area contributed by atoms with E-state index in [1.807, 2.05) is 0 Å². The molecule has 0 saturated carbocycles. The number of thiophene rings is 1. The monoisotopic (exact) mass is 369 g/mol. The molecule has 0 bridgehead atoms.